The molecule has 0 atom stereocenters. The van der Waals surface area contributed by atoms with Gasteiger partial charge >= 0.3 is 0 Å². The normalized spacial score (nSPS) is 10.2. The molecule has 1 aromatic rings. The SMILES string of the molecule is CCCCCC(=O)Nc1cccc(CCC(=O)N(C)C)c1. The molecule has 0 radical (unpaired) electrons. The molecule has 1 rings (SSSR count). The zero-order chi connectivity index (χ0) is 15.7. The van der Waals surface area contributed by atoms with E-state index in [2.05, 4.69) is 12.2 Å². The van der Waals surface area contributed by atoms with Gasteiger partial charge in [0.2, 0.25) is 11.8 Å². The molecule has 21 heavy (non-hydrogen) atoms. The Labute approximate surface area is 127 Å². The first-order chi connectivity index (χ1) is 10.0. The third-order valence-electron chi connectivity index (χ3n) is 3.34. The second-order valence-electron chi connectivity index (χ2n) is 5.49. The molecule has 0 aliphatic heterocycles. The van der Waals surface area contributed by atoms with Crippen molar-refractivity contribution in [1.29, 1.82) is 0 Å². The molecule has 0 aliphatic carbocycles. The van der Waals surface area contributed by atoms with E-state index < -0.39 is 0 Å². The van der Waals surface area contributed by atoms with Crippen LogP contribution in [0.2, 0.25) is 0 Å². The third kappa shape index (κ3) is 6.93. The summed E-state index contributed by atoms with van der Waals surface area (Å²) >= 11 is 0. The van der Waals surface area contributed by atoms with Crippen LogP contribution in [0, 0.1) is 0 Å². The van der Waals surface area contributed by atoms with Crippen molar-refractivity contribution in [2.75, 3.05) is 19.4 Å². The highest BCUT2D eigenvalue weighted by atomic mass is 16.2. The quantitative estimate of drug-likeness (QED) is 0.747. The minimum atomic E-state index is 0.0602. The predicted octanol–water partition coefficient (Wildman–Crippen LogP) is 3.23. The predicted molar refractivity (Wildman–Crippen MR) is 86.2 cm³/mol. The fourth-order valence-electron chi connectivity index (χ4n) is 2.04. The summed E-state index contributed by atoms with van der Waals surface area (Å²) in [7, 11) is 3.52. The lowest BCUT2D eigenvalue weighted by molar-refractivity contribution is -0.128. The van der Waals surface area contributed by atoms with Gasteiger partial charge in [0.15, 0.2) is 0 Å². The highest BCUT2D eigenvalue weighted by Crippen LogP contribution is 2.13. The van der Waals surface area contributed by atoms with Crippen LogP contribution in [0.3, 0.4) is 0 Å². The van der Waals surface area contributed by atoms with Crippen molar-refractivity contribution >= 4 is 17.5 Å². The zero-order valence-electron chi connectivity index (χ0n) is 13.3. The molecule has 0 aromatic heterocycles. The lowest BCUT2D eigenvalue weighted by atomic mass is 10.1. The van der Waals surface area contributed by atoms with E-state index in [4.69, 9.17) is 0 Å². The molecule has 2 amide bonds. The molecule has 0 heterocycles. The second kappa shape index (κ2) is 9.16. The first-order valence-corrected chi connectivity index (χ1v) is 7.62. The van der Waals surface area contributed by atoms with Crippen LogP contribution >= 0.6 is 0 Å². The Bertz CT molecular complexity index is 470. The van der Waals surface area contributed by atoms with E-state index in [1.165, 1.54) is 0 Å². The van der Waals surface area contributed by atoms with Crippen molar-refractivity contribution in [1.82, 2.24) is 4.90 Å². The maximum absolute atomic E-state index is 11.8. The summed E-state index contributed by atoms with van der Waals surface area (Å²) in [5.41, 5.74) is 1.88. The number of unbranched alkanes of at least 4 members (excludes halogenated alkanes) is 2. The lowest BCUT2D eigenvalue weighted by Gasteiger charge is -2.11. The van der Waals surface area contributed by atoms with Gasteiger partial charge in [-0.15, -0.1) is 0 Å². The Morgan fingerprint density at radius 2 is 1.90 bits per heavy atom. The molecule has 0 saturated heterocycles. The number of carbonyl (C=O) groups is 2. The van der Waals surface area contributed by atoms with E-state index in [0.29, 0.717) is 19.3 Å². The standard InChI is InChI=1S/C17H26N2O2/c1-4-5-6-10-16(20)18-15-9-7-8-14(13-15)11-12-17(21)19(2)3/h7-9,13H,4-6,10-12H2,1-3H3,(H,18,20). The van der Waals surface area contributed by atoms with Crippen molar-refractivity contribution in [3.63, 3.8) is 0 Å². The largest absolute Gasteiger partial charge is 0.349 e. The van der Waals surface area contributed by atoms with E-state index in [1.54, 1.807) is 19.0 Å². The number of anilines is 1. The average Bonchev–Trinajstić information content (AvgIpc) is 2.45. The van der Waals surface area contributed by atoms with E-state index in [9.17, 15) is 9.59 Å². The molecule has 0 aliphatic rings. The molecular formula is C17H26N2O2. The summed E-state index contributed by atoms with van der Waals surface area (Å²) in [6, 6.07) is 7.72. The van der Waals surface area contributed by atoms with E-state index in [0.717, 1.165) is 30.5 Å². The molecule has 0 saturated carbocycles. The maximum Gasteiger partial charge on any atom is 0.224 e. The van der Waals surface area contributed by atoms with Gasteiger partial charge in [0, 0.05) is 32.6 Å². The molecule has 4 nitrogen and oxygen atoms in total. The van der Waals surface area contributed by atoms with Gasteiger partial charge in [-0.05, 0) is 30.5 Å². The highest BCUT2D eigenvalue weighted by molar-refractivity contribution is 5.90. The molecule has 0 fully saturated rings. The van der Waals surface area contributed by atoms with Crippen LogP contribution in [0.5, 0.6) is 0 Å². The zero-order valence-corrected chi connectivity index (χ0v) is 13.3. The van der Waals surface area contributed by atoms with Crippen molar-refractivity contribution in [3.05, 3.63) is 29.8 Å². The number of carbonyl (C=O) groups excluding carboxylic acids is 2. The topological polar surface area (TPSA) is 49.4 Å². The Kier molecular flexibility index (Phi) is 7.51. The van der Waals surface area contributed by atoms with Crippen LogP contribution < -0.4 is 5.32 Å². The monoisotopic (exact) mass is 290 g/mol. The first kappa shape index (κ1) is 17.2. The minimum absolute atomic E-state index is 0.0602. The Hall–Kier alpha value is -1.84. The molecule has 116 valence electrons. The summed E-state index contributed by atoms with van der Waals surface area (Å²) in [5, 5.41) is 2.92. The lowest BCUT2D eigenvalue weighted by Crippen LogP contribution is -2.21. The molecule has 0 unspecified atom stereocenters. The minimum Gasteiger partial charge on any atom is -0.349 e. The Morgan fingerprint density at radius 3 is 2.57 bits per heavy atom. The van der Waals surface area contributed by atoms with Crippen LogP contribution in [0.4, 0.5) is 5.69 Å². The van der Waals surface area contributed by atoms with Gasteiger partial charge < -0.3 is 10.2 Å². The van der Waals surface area contributed by atoms with E-state index >= 15 is 0 Å². The van der Waals surface area contributed by atoms with Gasteiger partial charge in [0.05, 0.1) is 0 Å². The molecule has 4 heteroatoms. The van der Waals surface area contributed by atoms with Gasteiger partial charge in [-0.3, -0.25) is 9.59 Å². The van der Waals surface area contributed by atoms with Crippen molar-refractivity contribution in [3.8, 4) is 0 Å². The number of hydrogen-bond donors (Lipinski definition) is 1. The fourth-order valence-corrected chi connectivity index (χ4v) is 2.04. The van der Waals surface area contributed by atoms with Gasteiger partial charge in [-0.2, -0.15) is 0 Å². The number of rotatable bonds is 8. The summed E-state index contributed by atoms with van der Waals surface area (Å²) in [6.45, 7) is 2.12. The Balaban J connectivity index is 2.48. The number of nitrogens with zero attached hydrogens (tertiary/aromatic N) is 1. The summed E-state index contributed by atoms with van der Waals surface area (Å²) in [5.74, 6) is 0.175. The first-order valence-electron chi connectivity index (χ1n) is 7.62. The highest BCUT2D eigenvalue weighted by Gasteiger charge is 2.06. The third-order valence-corrected chi connectivity index (χ3v) is 3.34. The van der Waals surface area contributed by atoms with Gasteiger partial charge in [-0.1, -0.05) is 31.9 Å². The number of benzene rings is 1. The van der Waals surface area contributed by atoms with Crippen LogP contribution in [0.15, 0.2) is 24.3 Å². The number of aryl methyl sites for hydroxylation is 1. The molecular weight excluding hydrogens is 264 g/mol. The number of amides is 2. The van der Waals surface area contributed by atoms with Crippen LogP contribution in [0.1, 0.15) is 44.6 Å². The molecule has 0 bridgehead atoms. The molecule has 0 spiro atoms. The van der Waals surface area contributed by atoms with Gasteiger partial charge in [0.25, 0.3) is 0 Å². The van der Waals surface area contributed by atoms with Gasteiger partial charge in [0.1, 0.15) is 0 Å². The second-order valence-corrected chi connectivity index (χ2v) is 5.49. The van der Waals surface area contributed by atoms with Crippen molar-refractivity contribution in [2.45, 2.75) is 45.4 Å². The average molecular weight is 290 g/mol. The maximum atomic E-state index is 11.8. The summed E-state index contributed by atoms with van der Waals surface area (Å²) in [4.78, 5) is 25.0. The van der Waals surface area contributed by atoms with Crippen molar-refractivity contribution < 1.29 is 9.59 Å². The smallest absolute Gasteiger partial charge is 0.224 e. The number of hydrogen-bond acceptors (Lipinski definition) is 2. The Morgan fingerprint density at radius 1 is 1.14 bits per heavy atom. The van der Waals surface area contributed by atoms with Crippen LogP contribution in [-0.2, 0) is 16.0 Å². The van der Waals surface area contributed by atoms with Crippen LogP contribution in [-0.4, -0.2) is 30.8 Å². The summed E-state index contributed by atoms with van der Waals surface area (Å²) < 4.78 is 0. The molecule has 1 N–H and O–H groups in total. The van der Waals surface area contributed by atoms with Crippen molar-refractivity contribution in [2.24, 2.45) is 0 Å². The fraction of sp³-hybridized carbons (Fsp3) is 0.529. The number of nitrogens with one attached hydrogen (secondary N) is 1. The van der Waals surface area contributed by atoms with E-state index in [-0.39, 0.29) is 11.8 Å². The van der Waals surface area contributed by atoms with E-state index in [1.807, 2.05) is 24.3 Å². The van der Waals surface area contributed by atoms with Crippen LogP contribution in [0.25, 0.3) is 0 Å². The van der Waals surface area contributed by atoms with Gasteiger partial charge in [-0.25, -0.2) is 0 Å². The molecule has 1 aromatic carbocycles. The summed E-state index contributed by atoms with van der Waals surface area (Å²) in [6.07, 6.45) is 4.87.